The third-order valence-corrected chi connectivity index (χ3v) is 3.68. The highest BCUT2D eigenvalue weighted by Crippen LogP contribution is 2.15. The zero-order valence-electron chi connectivity index (χ0n) is 11.2. The Hall–Kier alpha value is -1.06. The van der Waals surface area contributed by atoms with Crippen molar-refractivity contribution in [1.82, 2.24) is 10.6 Å². The Morgan fingerprint density at radius 3 is 2.61 bits per heavy atom. The highest BCUT2D eigenvalue weighted by atomic mass is 16.5. The Balaban J connectivity index is 1.62. The maximum atomic E-state index is 5.15. The van der Waals surface area contributed by atoms with Crippen LogP contribution in [-0.4, -0.2) is 26.7 Å². The van der Waals surface area contributed by atoms with Gasteiger partial charge in [-0.3, -0.25) is 0 Å². The van der Waals surface area contributed by atoms with Crippen LogP contribution in [0.4, 0.5) is 0 Å². The number of hydrogen-bond donors (Lipinski definition) is 2. The molecule has 3 heteroatoms. The summed E-state index contributed by atoms with van der Waals surface area (Å²) >= 11 is 0. The molecule has 1 heterocycles. The van der Waals surface area contributed by atoms with Gasteiger partial charge in [-0.1, -0.05) is 12.1 Å². The van der Waals surface area contributed by atoms with Gasteiger partial charge in [0.15, 0.2) is 0 Å². The molecule has 0 atom stereocenters. The maximum absolute atomic E-state index is 5.15. The number of benzene rings is 1. The van der Waals surface area contributed by atoms with E-state index in [1.54, 1.807) is 7.11 Å². The van der Waals surface area contributed by atoms with Crippen LogP contribution in [0.15, 0.2) is 24.3 Å². The molecule has 1 aromatic carbocycles. The van der Waals surface area contributed by atoms with Crippen LogP contribution in [0.5, 0.6) is 5.75 Å². The van der Waals surface area contributed by atoms with Crippen LogP contribution in [0.1, 0.15) is 24.8 Å². The van der Waals surface area contributed by atoms with Gasteiger partial charge < -0.3 is 15.4 Å². The molecule has 1 aliphatic rings. The molecule has 0 amide bonds. The average molecular weight is 248 g/mol. The molecule has 0 radical (unpaired) electrons. The van der Waals surface area contributed by atoms with Crippen molar-refractivity contribution in [2.75, 3.05) is 26.7 Å². The molecular formula is C15H24N2O. The molecule has 1 fully saturated rings. The van der Waals surface area contributed by atoms with Gasteiger partial charge in [-0.05, 0) is 62.5 Å². The van der Waals surface area contributed by atoms with Crippen LogP contribution >= 0.6 is 0 Å². The van der Waals surface area contributed by atoms with E-state index >= 15 is 0 Å². The second-order valence-corrected chi connectivity index (χ2v) is 5.01. The fourth-order valence-electron chi connectivity index (χ4n) is 2.45. The first-order chi connectivity index (χ1) is 8.88. The molecule has 0 bridgehead atoms. The summed E-state index contributed by atoms with van der Waals surface area (Å²) in [6, 6.07) is 8.28. The van der Waals surface area contributed by atoms with E-state index < -0.39 is 0 Å². The maximum Gasteiger partial charge on any atom is 0.118 e. The summed E-state index contributed by atoms with van der Waals surface area (Å²) in [5.74, 6) is 1.84. The van der Waals surface area contributed by atoms with Crippen molar-refractivity contribution in [3.63, 3.8) is 0 Å². The summed E-state index contributed by atoms with van der Waals surface area (Å²) in [6.45, 7) is 4.47. The molecule has 1 aliphatic heterocycles. The summed E-state index contributed by atoms with van der Waals surface area (Å²) < 4.78 is 5.15. The van der Waals surface area contributed by atoms with E-state index in [4.69, 9.17) is 4.74 Å². The predicted octanol–water partition coefficient (Wildman–Crippen LogP) is 2.17. The van der Waals surface area contributed by atoms with Gasteiger partial charge >= 0.3 is 0 Å². The molecule has 0 aromatic heterocycles. The van der Waals surface area contributed by atoms with Crippen LogP contribution in [0.25, 0.3) is 0 Å². The molecule has 18 heavy (non-hydrogen) atoms. The standard InChI is InChI=1S/C15H24N2O/c1-18-15-4-2-14(3-5-15)12-17-11-8-13-6-9-16-10-7-13/h2-5,13,16-17H,6-12H2,1H3. The summed E-state index contributed by atoms with van der Waals surface area (Å²) in [5.41, 5.74) is 1.32. The molecule has 1 aromatic rings. The number of rotatable bonds is 6. The van der Waals surface area contributed by atoms with Gasteiger partial charge in [-0.25, -0.2) is 0 Å². The van der Waals surface area contributed by atoms with Crippen LogP contribution in [-0.2, 0) is 6.54 Å². The van der Waals surface area contributed by atoms with Crippen molar-refractivity contribution < 1.29 is 4.74 Å². The molecule has 3 nitrogen and oxygen atoms in total. The molecule has 2 rings (SSSR count). The minimum absolute atomic E-state index is 0.912. The smallest absolute Gasteiger partial charge is 0.118 e. The molecule has 100 valence electrons. The Morgan fingerprint density at radius 2 is 1.94 bits per heavy atom. The fourth-order valence-corrected chi connectivity index (χ4v) is 2.45. The van der Waals surface area contributed by atoms with Crippen molar-refractivity contribution >= 4 is 0 Å². The average Bonchev–Trinajstić information content (AvgIpc) is 2.45. The highest BCUT2D eigenvalue weighted by molar-refractivity contribution is 5.26. The molecule has 0 unspecified atom stereocenters. The van der Waals surface area contributed by atoms with Crippen molar-refractivity contribution in [2.45, 2.75) is 25.8 Å². The summed E-state index contributed by atoms with van der Waals surface area (Å²) in [7, 11) is 1.70. The third kappa shape index (κ3) is 4.31. The number of piperidine rings is 1. The van der Waals surface area contributed by atoms with Gasteiger partial charge in [0.1, 0.15) is 5.75 Å². The van der Waals surface area contributed by atoms with Crippen LogP contribution < -0.4 is 15.4 Å². The highest BCUT2D eigenvalue weighted by Gasteiger charge is 2.11. The fraction of sp³-hybridized carbons (Fsp3) is 0.600. The van der Waals surface area contributed by atoms with Crippen LogP contribution in [0, 0.1) is 5.92 Å². The molecular weight excluding hydrogens is 224 g/mol. The van der Waals surface area contributed by atoms with E-state index in [9.17, 15) is 0 Å². The summed E-state index contributed by atoms with van der Waals surface area (Å²) in [6.07, 6.45) is 3.98. The molecule has 0 aliphatic carbocycles. The lowest BCUT2D eigenvalue weighted by Gasteiger charge is -2.22. The molecule has 1 saturated heterocycles. The largest absolute Gasteiger partial charge is 0.497 e. The summed E-state index contributed by atoms with van der Waals surface area (Å²) in [5, 5.41) is 6.93. The second kappa shape index (κ2) is 7.39. The topological polar surface area (TPSA) is 33.3 Å². The predicted molar refractivity (Wildman–Crippen MR) is 74.9 cm³/mol. The summed E-state index contributed by atoms with van der Waals surface area (Å²) in [4.78, 5) is 0. The zero-order chi connectivity index (χ0) is 12.6. The molecule has 2 N–H and O–H groups in total. The van der Waals surface area contributed by atoms with Crippen molar-refractivity contribution in [3.8, 4) is 5.75 Å². The van der Waals surface area contributed by atoms with Crippen LogP contribution in [0.3, 0.4) is 0 Å². The first-order valence-electron chi connectivity index (χ1n) is 6.93. The van der Waals surface area contributed by atoms with Gasteiger partial charge in [0.25, 0.3) is 0 Å². The van der Waals surface area contributed by atoms with E-state index in [2.05, 4.69) is 22.8 Å². The van der Waals surface area contributed by atoms with Crippen molar-refractivity contribution in [2.24, 2.45) is 5.92 Å². The van der Waals surface area contributed by atoms with E-state index in [0.717, 1.165) is 24.8 Å². The van der Waals surface area contributed by atoms with Crippen LogP contribution in [0.2, 0.25) is 0 Å². The zero-order valence-corrected chi connectivity index (χ0v) is 11.2. The van der Waals surface area contributed by atoms with E-state index in [1.165, 1.54) is 37.9 Å². The van der Waals surface area contributed by atoms with Gasteiger partial charge in [-0.15, -0.1) is 0 Å². The lowest BCUT2D eigenvalue weighted by atomic mass is 9.95. The van der Waals surface area contributed by atoms with Gasteiger partial charge in [0.2, 0.25) is 0 Å². The van der Waals surface area contributed by atoms with E-state index in [0.29, 0.717) is 0 Å². The third-order valence-electron chi connectivity index (χ3n) is 3.68. The Morgan fingerprint density at radius 1 is 1.22 bits per heavy atom. The lowest BCUT2D eigenvalue weighted by molar-refractivity contribution is 0.348. The first-order valence-corrected chi connectivity index (χ1v) is 6.93. The quantitative estimate of drug-likeness (QED) is 0.757. The first kappa shape index (κ1) is 13.4. The van der Waals surface area contributed by atoms with Gasteiger partial charge in [-0.2, -0.15) is 0 Å². The second-order valence-electron chi connectivity index (χ2n) is 5.01. The SMILES string of the molecule is COc1ccc(CNCCC2CCNCC2)cc1. The molecule has 0 spiro atoms. The minimum Gasteiger partial charge on any atom is -0.497 e. The monoisotopic (exact) mass is 248 g/mol. The lowest BCUT2D eigenvalue weighted by Crippen LogP contribution is -2.29. The normalized spacial score (nSPS) is 16.7. The number of nitrogens with one attached hydrogen (secondary N) is 2. The van der Waals surface area contributed by atoms with Gasteiger partial charge in [0, 0.05) is 6.54 Å². The van der Waals surface area contributed by atoms with Gasteiger partial charge in [0.05, 0.1) is 7.11 Å². The van der Waals surface area contributed by atoms with Crippen molar-refractivity contribution in [3.05, 3.63) is 29.8 Å². The Bertz CT molecular complexity index is 331. The van der Waals surface area contributed by atoms with E-state index in [-0.39, 0.29) is 0 Å². The minimum atomic E-state index is 0.912. The Labute approximate surface area is 110 Å². The number of hydrogen-bond acceptors (Lipinski definition) is 3. The number of methoxy groups -OCH3 is 1. The molecule has 0 saturated carbocycles. The van der Waals surface area contributed by atoms with Crippen molar-refractivity contribution in [1.29, 1.82) is 0 Å². The number of ether oxygens (including phenoxy) is 1. The van der Waals surface area contributed by atoms with E-state index in [1.807, 2.05) is 12.1 Å². The Kier molecular flexibility index (Phi) is 5.49.